The first-order valence-electron chi connectivity index (χ1n) is 12.9. The molecule has 2 aromatic rings. The highest BCUT2D eigenvalue weighted by atomic mass is 19.4. The first-order valence-corrected chi connectivity index (χ1v) is 12.9. The van der Waals surface area contributed by atoms with Crippen LogP contribution in [0, 0.1) is 18.8 Å². The van der Waals surface area contributed by atoms with Crippen LogP contribution in [0.15, 0.2) is 54.2 Å². The number of aryl methyl sites for hydroxylation is 1. The second kappa shape index (κ2) is 10.3. The topological polar surface area (TPSA) is 38.8 Å². The third-order valence-corrected chi connectivity index (χ3v) is 8.05. The summed E-state index contributed by atoms with van der Waals surface area (Å²) in [4.78, 5) is 14.0. The maximum Gasteiger partial charge on any atom is 0.416 e. The molecule has 0 aromatic heterocycles. The van der Waals surface area contributed by atoms with Gasteiger partial charge >= 0.3 is 12.4 Å². The van der Waals surface area contributed by atoms with Gasteiger partial charge in [0.05, 0.1) is 23.8 Å². The van der Waals surface area contributed by atoms with Crippen LogP contribution in [0.3, 0.4) is 0 Å². The summed E-state index contributed by atoms with van der Waals surface area (Å²) in [6.45, 7) is 5.08. The van der Waals surface area contributed by atoms with Gasteiger partial charge in [0.1, 0.15) is 0 Å². The molecule has 2 fully saturated rings. The molecule has 1 aliphatic carbocycles. The van der Waals surface area contributed by atoms with Gasteiger partial charge in [-0.1, -0.05) is 24.3 Å². The van der Waals surface area contributed by atoms with Crippen LogP contribution in [0.4, 0.5) is 26.3 Å². The van der Waals surface area contributed by atoms with Crippen molar-refractivity contribution in [3.63, 3.8) is 0 Å². The number of allylic oxidation sites excluding steroid dienone is 2. The number of halogens is 6. The zero-order valence-corrected chi connectivity index (χ0v) is 21.5. The second-order valence-electron chi connectivity index (χ2n) is 10.6. The van der Waals surface area contributed by atoms with Gasteiger partial charge in [-0.3, -0.25) is 4.79 Å². The molecule has 0 bridgehead atoms. The number of likely N-dealkylation sites (tertiary alicyclic amines) is 1. The molecular weight excluding hydrogens is 524 g/mol. The van der Waals surface area contributed by atoms with Crippen LogP contribution < -0.4 is 0 Å². The molecule has 210 valence electrons. The first-order chi connectivity index (χ1) is 18.3. The summed E-state index contributed by atoms with van der Waals surface area (Å²) >= 11 is 0. The standard InChI is InChI=1S/C29H29F6NO3/c1-16-5-3-4-6-24(16)26-25-14-36(22-7-8-23(37)12-22)13-19(25)15-38-27(26)39-17(2)18-9-20(28(30,31)32)11-21(10-18)29(33,34)35/h3-6,9-12,17,19,25-27H,7-8,13-15H2,1-2H3/t17-,19+,25-,26+,27-/m1/s1. The number of carbonyl (C=O) groups excluding carboxylic acids is 1. The molecule has 5 rings (SSSR count). The minimum absolute atomic E-state index is 0.0564. The van der Waals surface area contributed by atoms with Gasteiger partial charge in [0.25, 0.3) is 0 Å². The van der Waals surface area contributed by atoms with E-state index in [0.717, 1.165) is 16.8 Å². The fourth-order valence-corrected chi connectivity index (χ4v) is 6.02. The van der Waals surface area contributed by atoms with E-state index in [1.807, 2.05) is 31.2 Å². The van der Waals surface area contributed by atoms with E-state index in [4.69, 9.17) is 9.47 Å². The van der Waals surface area contributed by atoms with Crippen molar-refractivity contribution in [2.24, 2.45) is 11.8 Å². The highest BCUT2D eigenvalue weighted by Gasteiger charge is 2.48. The maximum atomic E-state index is 13.5. The number of fused-ring (bicyclic) bond motifs is 1. The largest absolute Gasteiger partial charge is 0.416 e. The number of benzene rings is 2. The van der Waals surface area contributed by atoms with Gasteiger partial charge in [0.2, 0.25) is 0 Å². The van der Waals surface area contributed by atoms with Crippen LogP contribution in [0.2, 0.25) is 0 Å². The van der Waals surface area contributed by atoms with Crippen molar-refractivity contribution in [3.05, 3.63) is 82.1 Å². The van der Waals surface area contributed by atoms with E-state index in [0.29, 0.717) is 44.7 Å². The Hall–Kier alpha value is -2.85. The van der Waals surface area contributed by atoms with Gasteiger partial charge in [0.15, 0.2) is 12.1 Å². The molecule has 2 heterocycles. The summed E-state index contributed by atoms with van der Waals surface area (Å²) < 4.78 is 93.1. The molecule has 4 nitrogen and oxygen atoms in total. The summed E-state index contributed by atoms with van der Waals surface area (Å²) in [5.41, 5.74) is -0.0493. The van der Waals surface area contributed by atoms with E-state index in [2.05, 4.69) is 4.90 Å². The lowest BCUT2D eigenvalue weighted by Gasteiger charge is -2.41. The molecule has 2 aromatic carbocycles. The van der Waals surface area contributed by atoms with E-state index in [1.54, 1.807) is 6.08 Å². The summed E-state index contributed by atoms with van der Waals surface area (Å²) in [6, 6.07) is 9.22. The van der Waals surface area contributed by atoms with E-state index >= 15 is 0 Å². The SMILES string of the molecule is Cc1ccccc1[C@@H]1[C@@H](O[C@H](C)c2cc(C(F)(F)F)cc(C(F)(F)F)c2)OC[C@@H]2CN(C3=CC(=O)CC3)C[C@H]21. The number of hydrogen-bond acceptors (Lipinski definition) is 4. The minimum atomic E-state index is -4.95. The van der Waals surface area contributed by atoms with Crippen LogP contribution >= 0.6 is 0 Å². The quantitative estimate of drug-likeness (QED) is 0.372. The van der Waals surface area contributed by atoms with Crippen molar-refractivity contribution in [2.45, 2.75) is 57.4 Å². The summed E-state index contributed by atoms with van der Waals surface area (Å²) in [5, 5.41) is 0. The van der Waals surface area contributed by atoms with Gasteiger partial charge < -0.3 is 14.4 Å². The molecule has 2 aliphatic heterocycles. The van der Waals surface area contributed by atoms with Crippen molar-refractivity contribution in [2.75, 3.05) is 19.7 Å². The molecule has 0 spiro atoms. The Morgan fingerprint density at radius 2 is 1.64 bits per heavy atom. The Morgan fingerprint density at radius 1 is 0.974 bits per heavy atom. The molecule has 0 unspecified atom stereocenters. The fourth-order valence-electron chi connectivity index (χ4n) is 6.02. The van der Waals surface area contributed by atoms with Gasteiger partial charge in [-0.15, -0.1) is 0 Å². The van der Waals surface area contributed by atoms with E-state index < -0.39 is 35.9 Å². The average Bonchev–Trinajstić information content (AvgIpc) is 3.49. The maximum absolute atomic E-state index is 13.5. The number of nitrogens with zero attached hydrogens (tertiary/aromatic N) is 1. The van der Waals surface area contributed by atoms with Crippen molar-refractivity contribution >= 4 is 5.78 Å². The molecule has 3 aliphatic rings. The van der Waals surface area contributed by atoms with Crippen molar-refractivity contribution in [3.8, 4) is 0 Å². The molecule has 0 N–H and O–H groups in total. The Balaban J connectivity index is 1.46. The van der Waals surface area contributed by atoms with Crippen LogP contribution in [0.5, 0.6) is 0 Å². The zero-order valence-electron chi connectivity index (χ0n) is 21.5. The Labute approximate surface area is 222 Å². The molecule has 10 heteroatoms. The predicted molar refractivity (Wildman–Crippen MR) is 130 cm³/mol. The smallest absolute Gasteiger partial charge is 0.374 e. The van der Waals surface area contributed by atoms with Crippen LogP contribution in [-0.4, -0.2) is 36.7 Å². The van der Waals surface area contributed by atoms with Crippen LogP contribution in [0.25, 0.3) is 0 Å². The second-order valence-corrected chi connectivity index (χ2v) is 10.6. The predicted octanol–water partition coefficient (Wildman–Crippen LogP) is 7.05. The first kappa shape index (κ1) is 27.7. The van der Waals surface area contributed by atoms with Gasteiger partial charge in [-0.05, 0) is 61.1 Å². The van der Waals surface area contributed by atoms with Crippen molar-refractivity contribution in [1.29, 1.82) is 0 Å². The van der Waals surface area contributed by atoms with E-state index in [1.165, 1.54) is 6.92 Å². The third kappa shape index (κ3) is 5.72. The number of hydrogen-bond donors (Lipinski definition) is 0. The molecule has 0 radical (unpaired) electrons. The summed E-state index contributed by atoms with van der Waals surface area (Å²) in [6.07, 6.45) is -9.03. The van der Waals surface area contributed by atoms with E-state index in [9.17, 15) is 31.1 Å². The third-order valence-electron chi connectivity index (χ3n) is 8.05. The molecule has 0 amide bonds. The lowest BCUT2D eigenvalue weighted by atomic mass is 9.76. The fraction of sp³-hybridized carbons (Fsp3) is 0.483. The summed E-state index contributed by atoms with van der Waals surface area (Å²) in [5.74, 6) is -0.0171. The highest BCUT2D eigenvalue weighted by molar-refractivity contribution is 5.92. The Morgan fingerprint density at radius 3 is 2.23 bits per heavy atom. The monoisotopic (exact) mass is 553 g/mol. The van der Waals surface area contributed by atoms with Crippen LogP contribution in [-0.2, 0) is 26.6 Å². The Kier molecular flexibility index (Phi) is 7.30. The highest BCUT2D eigenvalue weighted by Crippen LogP contribution is 2.47. The number of rotatable bonds is 5. The van der Waals surface area contributed by atoms with Gasteiger partial charge in [-0.25, -0.2) is 0 Å². The van der Waals surface area contributed by atoms with Gasteiger partial charge in [0, 0.05) is 43.1 Å². The lowest BCUT2D eigenvalue weighted by Crippen LogP contribution is -2.42. The molecule has 0 saturated carbocycles. The lowest BCUT2D eigenvalue weighted by molar-refractivity contribution is -0.217. The number of ether oxygens (including phenoxy) is 2. The van der Waals surface area contributed by atoms with E-state index in [-0.39, 0.29) is 35.2 Å². The number of carbonyl (C=O) groups is 1. The molecule has 2 saturated heterocycles. The van der Waals surface area contributed by atoms with Crippen LogP contribution in [0.1, 0.15) is 59.6 Å². The molecule has 39 heavy (non-hydrogen) atoms. The average molecular weight is 554 g/mol. The number of alkyl halides is 6. The van der Waals surface area contributed by atoms with Gasteiger partial charge in [-0.2, -0.15) is 26.3 Å². The zero-order chi connectivity index (χ0) is 28.1. The summed E-state index contributed by atoms with van der Waals surface area (Å²) in [7, 11) is 0. The molecule has 5 atom stereocenters. The Bertz CT molecular complexity index is 1240. The number of ketones is 1. The van der Waals surface area contributed by atoms with Crippen molar-refractivity contribution in [1.82, 2.24) is 4.90 Å². The minimum Gasteiger partial charge on any atom is -0.374 e. The normalized spacial score (nSPS) is 26.5. The van der Waals surface area contributed by atoms with Crippen molar-refractivity contribution < 1.29 is 40.6 Å². The molecular formula is C29H29F6NO3.